The second-order valence-electron chi connectivity index (χ2n) is 3.94. The zero-order chi connectivity index (χ0) is 10.0. The van der Waals surface area contributed by atoms with E-state index in [9.17, 15) is 10.2 Å². The Kier molecular flexibility index (Phi) is 3.67. The predicted molar refractivity (Wildman–Crippen MR) is 46.9 cm³/mol. The van der Waals surface area contributed by atoms with E-state index in [4.69, 9.17) is 9.84 Å². The maximum atomic E-state index is 9.66. The van der Waals surface area contributed by atoms with Crippen LogP contribution in [0, 0.1) is 11.8 Å². The number of ether oxygens (including phenoxy) is 1. The number of aliphatic hydroxyl groups is 3. The molecule has 4 unspecified atom stereocenters. The summed E-state index contributed by atoms with van der Waals surface area (Å²) >= 11 is 0. The zero-order valence-corrected chi connectivity index (χ0v) is 8.05. The smallest absolute Gasteiger partial charge is 0.157 e. The van der Waals surface area contributed by atoms with E-state index in [0.29, 0.717) is 0 Å². The summed E-state index contributed by atoms with van der Waals surface area (Å²) in [6, 6.07) is 0. The molecule has 0 bridgehead atoms. The van der Waals surface area contributed by atoms with Crippen molar-refractivity contribution in [2.75, 3.05) is 6.61 Å². The summed E-state index contributed by atoms with van der Waals surface area (Å²) in [5.74, 6) is 0.146. The molecular formula is C9H18O4. The molecule has 0 aromatic heterocycles. The number of aliphatic hydroxyl groups excluding tert-OH is 3. The van der Waals surface area contributed by atoms with Gasteiger partial charge in [-0.3, -0.25) is 0 Å². The molecule has 1 aliphatic heterocycles. The Morgan fingerprint density at radius 1 is 1.38 bits per heavy atom. The highest BCUT2D eigenvalue weighted by molar-refractivity contribution is 4.84. The number of hydrogen-bond donors (Lipinski definition) is 3. The van der Waals surface area contributed by atoms with Gasteiger partial charge in [-0.05, 0) is 5.92 Å². The molecule has 4 atom stereocenters. The average Bonchev–Trinajstić information content (AvgIpc) is 2.01. The van der Waals surface area contributed by atoms with E-state index in [2.05, 4.69) is 0 Å². The second-order valence-corrected chi connectivity index (χ2v) is 3.94. The highest BCUT2D eigenvalue weighted by Gasteiger charge is 2.38. The van der Waals surface area contributed by atoms with Gasteiger partial charge in [0, 0.05) is 12.3 Å². The van der Waals surface area contributed by atoms with Crippen LogP contribution in [0.5, 0.6) is 0 Å². The first-order valence-corrected chi connectivity index (χ1v) is 4.68. The molecule has 0 aliphatic carbocycles. The van der Waals surface area contributed by atoms with E-state index in [0.717, 1.165) is 0 Å². The van der Waals surface area contributed by atoms with Crippen LogP contribution in [-0.2, 0) is 4.74 Å². The molecule has 0 saturated carbocycles. The van der Waals surface area contributed by atoms with Crippen molar-refractivity contribution in [1.82, 2.24) is 0 Å². The van der Waals surface area contributed by atoms with Crippen LogP contribution in [0.3, 0.4) is 0 Å². The third-order valence-electron chi connectivity index (χ3n) is 2.60. The van der Waals surface area contributed by atoms with Crippen molar-refractivity contribution < 1.29 is 20.1 Å². The van der Waals surface area contributed by atoms with Gasteiger partial charge in [-0.15, -0.1) is 0 Å². The topological polar surface area (TPSA) is 69.9 Å². The first kappa shape index (κ1) is 10.9. The molecule has 3 N–H and O–H groups in total. The van der Waals surface area contributed by atoms with E-state index in [1.807, 2.05) is 13.8 Å². The molecule has 13 heavy (non-hydrogen) atoms. The highest BCUT2D eigenvalue weighted by Crippen LogP contribution is 2.30. The van der Waals surface area contributed by atoms with Gasteiger partial charge in [0.05, 0.1) is 18.8 Å². The van der Waals surface area contributed by atoms with Crippen LogP contribution < -0.4 is 0 Å². The van der Waals surface area contributed by atoms with Gasteiger partial charge in [0.25, 0.3) is 0 Å². The Bertz CT molecular complexity index is 160. The van der Waals surface area contributed by atoms with Gasteiger partial charge >= 0.3 is 0 Å². The van der Waals surface area contributed by atoms with Gasteiger partial charge in [0.15, 0.2) is 6.29 Å². The minimum Gasteiger partial charge on any atom is -0.394 e. The SMILES string of the molecule is CC(C)C1C(O)CC(O)OC1CO. The van der Waals surface area contributed by atoms with Gasteiger partial charge in [-0.1, -0.05) is 13.8 Å². The molecule has 4 nitrogen and oxygen atoms in total. The highest BCUT2D eigenvalue weighted by atomic mass is 16.6. The first-order valence-electron chi connectivity index (χ1n) is 4.68. The van der Waals surface area contributed by atoms with E-state index in [1.54, 1.807) is 0 Å². The van der Waals surface area contributed by atoms with Gasteiger partial charge < -0.3 is 20.1 Å². The zero-order valence-electron chi connectivity index (χ0n) is 8.05. The number of rotatable bonds is 2. The van der Waals surface area contributed by atoms with Crippen LogP contribution in [0.4, 0.5) is 0 Å². The monoisotopic (exact) mass is 190 g/mol. The molecule has 1 aliphatic rings. The van der Waals surface area contributed by atoms with Crippen LogP contribution in [0.1, 0.15) is 20.3 Å². The third-order valence-corrected chi connectivity index (χ3v) is 2.60. The summed E-state index contributed by atoms with van der Waals surface area (Å²) in [5, 5.41) is 27.8. The summed E-state index contributed by atoms with van der Waals surface area (Å²) in [5.41, 5.74) is 0. The normalized spacial score (nSPS) is 41.1. The van der Waals surface area contributed by atoms with Crippen molar-refractivity contribution >= 4 is 0 Å². The lowest BCUT2D eigenvalue weighted by Crippen LogP contribution is -2.48. The van der Waals surface area contributed by atoms with Crippen molar-refractivity contribution in [2.45, 2.75) is 38.8 Å². The van der Waals surface area contributed by atoms with Crippen LogP contribution in [-0.4, -0.2) is 40.4 Å². The summed E-state index contributed by atoms with van der Waals surface area (Å²) in [7, 11) is 0. The van der Waals surface area contributed by atoms with Crippen LogP contribution in [0.2, 0.25) is 0 Å². The van der Waals surface area contributed by atoms with E-state index in [-0.39, 0.29) is 24.9 Å². The Morgan fingerprint density at radius 3 is 2.46 bits per heavy atom. The fourth-order valence-electron chi connectivity index (χ4n) is 2.00. The lowest BCUT2D eigenvalue weighted by atomic mass is 9.82. The Labute approximate surface area is 78.1 Å². The summed E-state index contributed by atoms with van der Waals surface area (Å²) < 4.78 is 5.13. The van der Waals surface area contributed by atoms with Crippen molar-refractivity contribution in [3.8, 4) is 0 Å². The van der Waals surface area contributed by atoms with Crippen molar-refractivity contribution in [2.24, 2.45) is 11.8 Å². The third kappa shape index (κ3) is 2.40. The largest absolute Gasteiger partial charge is 0.394 e. The maximum Gasteiger partial charge on any atom is 0.157 e. The molecule has 0 aromatic rings. The molecule has 0 radical (unpaired) electrons. The van der Waals surface area contributed by atoms with E-state index in [1.165, 1.54) is 0 Å². The molecule has 1 rings (SSSR count). The lowest BCUT2D eigenvalue weighted by Gasteiger charge is -2.39. The lowest BCUT2D eigenvalue weighted by molar-refractivity contribution is -0.229. The molecule has 4 heteroatoms. The molecule has 1 saturated heterocycles. The second kappa shape index (κ2) is 4.37. The Balaban J connectivity index is 2.66. The standard InChI is InChI=1S/C9H18O4/c1-5(2)9-6(11)3-8(12)13-7(9)4-10/h5-12H,3-4H2,1-2H3. The van der Waals surface area contributed by atoms with Crippen LogP contribution in [0.25, 0.3) is 0 Å². The van der Waals surface area contributed by atoms with Crippen molar-refractivity contribution in [3.63, 3.8) is 0 Å². The Morgan fingerprint density at radius 2 is 2.00 bits per heavy atom. The fraction of sp³-hybridized carbons (Fsp3) is 1.00. The van der Waals surface area contributed by atoms with Gasteiger partial charge in [0.1, 0.15) is 0 Å². The summed E-state index contributed by atoms with van der Waals surface area (Å²) in [6.07, 6.45) is -1.74. The van der Waals surface area contributed by atoms with Gasteiger partial charge in [0.2, 0.25) is 0 Å². The first-order chi connectivity index (χ1) is 6.06. The van der Waals surface area contributed by atoms with Crippen molar-refractivity contribution in [3.05, 3.63) is 0 Å². The minimum absolute atomic E-state index is 0.0894. The molecule has 1 fully saturated rings. The molecule has 78 valence electrons. The molecule has 0 amide bonds. The molecule has 1 heterocycles. The van der Waals surface area contributed by atoms with Crippen LogP contribution in [0.15, 0.2) is 0 Å². The predicted octanol–water partition coefficient (Wildman–Crippen LogP) is -0.281. The van der Waals surface area contributed by atoms with Gasteiger partial charge in [-0.2, -0.15) is 0 Å². The van der Waals surface area contributed by atoms with E-state index < -0.39 is 18.5 Å². The average molecular weight is 190 g/mol. The molecule has 0 aromatic carbocycles. The van der Waals surface area contributed by atoms with Crippen LogP contribution >= 0.6 is 0 Å². The Hall–Kier alpha value is -0.160. The van der Waals surface area contributed by atoms with E-state index >= 15 is 0 Å². The molecular weight excluding hydrogens is 172 g/mol. The minimum atomic E-state index is -0.942. The van der Waals surface area contributed by atoms with Crippen molar-refractivity contribution in [1.29, 1.82) is 0 Å². The fourth-order valence-corrected chi connectivity index (χ4v) is 2.00. The molecule has 0 spiro atoms. The maximum absolute atomic E-state index is 9.66. The van der Waals surface area contributed by atoms with Gasteiger partial charge in [-0.25, -0.2) is 0 Å². The number of hydrogen-bond acceptors (Lipinski definition) is 4. The quantitative estimate of drug-likeness (QED) is 0.560. The summed E-state index contributed by atoms with van der Waals surface area (Å²) in [6.45, 7) is 3.78. The summed E-state index contributed by atoms with van der Waals surface area (Å²) in [4.78, 5) is 0.